The van der Waals surface area contributed by atoms with Crippen molar-refractivity contribution in [3.63, 3.8) is 0 Å². The van der Waals surface area contributed by atoms with Crippen molar-refractivity contribution in [1.29, 1.82) is 0 Å². The van der Waals surface area contributed by atoms with Crippen LogP contribution in [0.3, 0.4) is 0 Å². The number of benzene rings is 1. The number of aryl methyl sites for hydroxylation is 1. The number of rotatable bonds is 6. The normalized spacial score (nSPS) is 10.7. The Morgan fingerprint density at radius 3 is 2.69 bits per heavy atom. The van der Waals surface area contributed by atoms with Crippen molar-refractivity contribution < 1.29 is 9.59 Å². The lowest BCUT2D eigenvalue weighted by molar-refractivity contribution is 0.0950. The Balaban J connectivity index is 1.73. The molecule has 3 aromatic rings. The molecule has 1 aromatic carbocycles. The first kappa shape index (κ1) is 18.1. The minimum Gasteiger partial charge on any atom is -0.348 e. The molecule has 0 atom stereocenters. The van der Waals surface area contributed by atoms with Crippen LogP contribution < -0.4 is 5.32 Å². The second-order valence-corrected chi connectivity index (χ2v) is 7.14. The van der Waals surface area contributed by atoms with Gasteiger partial charge in [0.1, 0.15) is 0 Å². The lowest BCUT2D eigenvalue weighted by atomic mass is 10.1. The van der Waals surface area contributed by atoms with Gasteiger partial charge >= 0.3 is 0 Å². The molecule has 2 heterocycles. The molecule has 0 spiro atoms. The summed E-state index contributed by atoms with van der Waals surface area (Å²) in [7, 11) is 0. The maximum atomic E-state index is 12.5. The van der Waals surface area contributed by atoms with Crippen molar-refractivity contribution in [2.24, 2.45) is 0 Å². The van der Waals surface area contributed by atoms with Gasteiger partial charge in [-0.2, -0.15) is 5.10 Å². The van der Waals surface area contributed by atoms with Gasteiger partial charge in [-0.1, -0.05) is 12.1 Å². The molecule has 0 bridgehead atoms. The highest BCUT2D eigenvalue weighted by Gasteiger charge is 2.11. The van der Waals surface area contributed by atoms with E-state index < -0.39 is 0 Å². The van der Waals surface area contributed by atoms with Crippen LogP contribution >= 0.6 is 11.3 Å². The van der Waals surface area contributed by atoms with Gasteiger partial charge in [-0.15, -0.1) is 11.3 Å². The molecule has 0 aliphatic carbocycles. The van der Waals surface area contributed by atoms with Gasteiger partial charge in [-0.3, -0.25) is 14.3 Å². The number of thiophene rings is 1. The lowest BCUT2D eigenvalue weighted by Gasteiger charge is -2.07. The third-order valence-corrected chi connectivity index (χ3v) is 5.54. The van der Waals surface area contributed by atoms with E-state index in [-0.39, 0.29) is 11.7 Å². The maximum absolute atomic E-state index is 12.5. The summed E-state index contributed by atoms with van der Waals surface area (Å²) in [5, 5.41) is 7.25. The molecule has 26 heavy (non-hydrogen) atoms. The summed E-state index contributed by atoms with van der Waals surface area (Å²) < 4.78 is 1.91. The number of aromatic nitrogens is 2. The van der Waals surface area contributed by atoms with Gasteiger partial charge in [0, 0.05) is 34.8 Å². The van der Waals surface area contributed by atoms with E-state index in [9.17, 15) is 9.59 Å². The van der Waals surface area contributed by atoms with Crippen molar-refractivity contribution in [3.8, 4) is 10.4 Å². The monoisotopic (exact) mass is 367 g/mol. The average molecular weight is 367 g/mol. The van der Waals surface area contributed by atoms with Crippen LogP contribution in [0.15, 0.2) is 42.6 Å². The van der Waals surface area contributed by atoms with Crippen molar-refractivity contribution in [1.82, 2.24) is 15.1 Å². The minimum absolute atomic E-state index is 0.0538. The Bertz CT molecular complexity index is 956. The Morgan fingerprint density at radius 1 is 1.23 bits per heavy atom. The summed E-state index contributed by atoms with van der Waals surface area (Å²) in [5.41, 5.74) is 3.61. The minimum atomic E-state index is -0.126. The molecular weight excluding hydrogens is 346 g/mol. The van der Waals surface area contributed by atoms with E-state index in [1.807, 2.05) is 48.9 Å². The van der Waals surface area contributed by atoms with Gasteiger partial charge in [-0.05, 0) is 50.6 Å². The van der Waals surface area contributed by atoms with Crippen molar-refractivity contribution >= 4 is 23.0 Å². The second kappa shape index (κ2) is 7.66. The number of Topliss-reactive ketones (excluding diaryl/α,β-unsaturated/α-hetero) is 1. The van der Waals surface area contributed by atoms with Gasteiger partial charge in [0.2, 0.25) is 0 Å². The van der Waals surface area contributed by atoms with E-state index in [0.29, 0.717) is 12.1 Å². The molecule has 134 valence electrons. The summed E-state index contributed by atoms with van der Waals surface area (Å²) in [6.45, 7) is 6.85. The van der Waals surface area contributed by atoms with Gasteiger partial charge in [0.25, 0.3) is 5.91 Å². The average Bonchev–Trinajstić information content (AvgIpc) is 3.27. The van der Waals surface area contributed by atoms with Crippen LogP contribution in [0, 0.1) is 6.92 Å². The molecular formula is C20H21N3O2S. The number of hydrogen-bond donors (Lipinski definition) is 1. The van der Waals surface area contributed by atoms with Crippen LogP contribution in [0.1, 0.15) is 45.1 Å². The molecule has 0 unspecified atom stereocenters. The van der Waals surface area contributed by atoms with E-state index >= 15 is 0 Å². The molecule has 6 heteroatoms. The zero-order chi connectivity index (χ0) is 18.7. The fraction of sp³-hybridized carbons (Fsp3) is 0.250. The summed E-state index contributed by atoms with van der Waals surface area (Å²) in [4.78, 5) is 25.7. The highest BCUT2D eigenvalue weighted by molar-refractivity contribution is 7.17. The number of nitrogens with one attached hydrogen (secondary N) is 1. The largest absolute Gasteiger partial charge is 0.348 e. The highest BCUT2D eigenvalue weighted by atomic mass is 32.1. The topological polar surface area (TPSA) is 64.0 Å². The molecule has 1 N–H and O–H groups in total. The standard InChI is InChI=1S/C20H21N3O2S/c1-4-23-13(2)17(12-22-23)11-21-20(25)16-7-5-6-15(10-16)19-9-8-18(26-19)14(3)24/h5-10,12H,4,11H2,1-3H3,(H,21,25). The first-order valence-electron chi connectivity index (χ1n) is 8.50. The fourth-order valence-electron chi connectivity index (χ4n) is 2.75. The van der Waals surface area contributed by atoms with Gasteiger partial charge < -0.3 is 5.32 Å². The zero-order valence-electron chi connectivity index (χ0n) is 15.1. The molecule has 3 rings (SSSR count). The Hall–Kier alpha value is -2.73. The van der Waals surface area contributed by atoms with Crippen LogP contribution in [-0.4, -0.2) is 21.5 Å². The smallest absolute Gasteiger partial charge is 0.251 e. The predicted molar refractivity (Wildman–Crippen MR) is 104 cm³/mol. The van der Waals surface area contributed by atoms with E-state index in [1.54, 1.807) is 19.2 Å². The number of amides is 1. The third-order valence-electron chi connectivity index (χ3n) is 4.31. The molecule has 0 aliphatic rings. The van der Waals surface area contributed by atoms with Crippen LogP contribution in [-0.2, 0) is 13.1 Å². The van der Waals surface area contributed by atoms with Crippen molar-refractivity contribution in [3.05, 3.63) is 64.3 Å². The summed E-state index contributed by atoms with van der Waals surface area (Å²) in [6, 6.07) is 11.2. The van der Waals surface area contributed by atoms with E-state index in [4.69, 9.17) is 0 Å². The zero-order valence-corrected chi connectivity index (χ0v) is 15.9. The molecule has 0 fully saturated rings. The first-order valence-corrected chi connectivity index (χ1v) is 9.32. The van der Waals surface area contributed by atoms with E-state index in [2.05, 4.69) is 10.4 Å². The second-order valence-electron chi connectivity index (χ2n) is 6.05. The van der Waals surface area contributed by atoms with Crippen LogP contribution in [0.5, 0.6) is 0 Å². The number of ketones is 1. The van der Waals surface area contributed by atoms with Crippen molar-refractivity contribution in [2.45, 2.75) is 33.9 Å². The summed E-state index contributed by atoms with van der Waals surface area (Å²) >= 11 is 1.44. The summed E-state index contributed by atoms with van der Waals surface area (Å²) in [5.74, 6) is -0.0722. The van der Waals surface area contributed by atoms with Crippen LogP contribution in [0.2, 0.25) is 0 Å². The van der Waals surface area contributed by atoms with Crippen LogP contribution in [0.25, 0.3) is 10.4 Å². The molecule has 1 amide bonds. The van der Waals surface area contributed by atoms with Crippen LogP contribution in [0.4, 0.5) is 0 Å². The van der Waals surface area contributed by atoms with Gasteiger partial charge in [0.15, 0.2) is 5.78 Å². The quantitative estimate of drug-likeness (QED) is 0.668. The molecule has 0 saturated heterocycles. The highest BCUT2D eigenvalue weighted by Crippen LogP contribution is 2.29. The third kappa shape index (κ3) is 3.75. The predicted octanol–water partition coefficient (Wildman–Crippen LogP) is 4.07. The van der Waals surface area contributed by atoms with Crippen molar-refractivity contribution in [2.75, 3.05) is 0 Å². The molecule has 5 nitrogen and oxygen atoms in total. The van der Waals surface area contributed by atoms with Gasteiger partial charge in [0.05, 0.1) is 11.1 Å². The summed E-state index contributed by atoms with van der Waals surface area (Å²) in [6.07, 6.45) is 1.80. The Morgan fingerprint density at radius 2 is 2.04 bits per heavy atom. The number of carbonyl (C=O) groups excluding carboxylic acids is 2. The van der Waals surface area contributed by atoms with E-state index in [1.165, 1.54) is 11.3 Å². The first-order chi connectivity index (χ1) is 12.5. The molecule has 0 radical (unpaired) electrons. The fourth-order valence-corrected chi connectivity index (χ4v) is 3.65. The number of carbonyl (C=O) groups is 2. The molecule has 2 aromatic heterocycles. The van der Waals surface area contributed by atoms with E-state index in [0.717, 1.165) is 33.1 Å². The lowest BCUT2D eigenvalue weighted by Crippen LogP contribution is -2.23. The van der Waals surface area contributed by atoms with Gasteiger partial charge in [-0.25, -0.2) is 0 Å². The molecule has 0 aliphatic heterocycles. The molecule has 0 saturated carbocycles. The SMILES string of the molecule is CCn1ncc(CNC(=O)c2cccc(-c3ccc(C(C)=O)s3)c2)c1C. The number of hydrogen-bond acceptors (Lipinski definition) is 4. The maximum Gasteiger partial charge on any atom is 0.251 e. The Labute approximate surface area is 156 Å². The number of nitrogens with zero attached hydrogens (tertiary/aromatic N) is 2. The Kier molecular flexibility index (Phi) is 5.32.